The molecule has 0 saturated heterocycles. The molecule has 2 N–H and O–H groups in total. The van der Waals surface area contributed by atoms with Gasteiger partial charge in [-0.05, 0) is 124 Å². The van der Waals surface area contributed by atoms with Gasteiger partial charge in [-0.3, -0.25) is 4.79 Å². The predicted molar refractivity (Wildman–Crippen MR) is 141 cm³/mol. The van der Waals surface area contributed by atoms with Crippen LogP contribution in [0.25, 0.3) is 0 Å². The van der Waals surface area contributed by atoms with E-state index in [1.54, 1.807) is 0 Å². The van der Waals surface area contributed by atoms with Crippen molar-refractivity contribution in [1.29, 1.82) is 0 Å². The Bertz CT molecular complexity index is 1090. The van der Waals surface area contributed by atoms with Gasteiger partial charge in [-0.1, -0.05) is 0 Å². The van der Waals surface area contributed by atoms with Crippen molar-refractivity contribution < 1.29 is 34.4 Å². The Labute approximate surface area is 229 Å². The number of ether oxygens (including phenoxy) is 2. The zero-order valence-corrected chi connectivity index (χ0v) is 22.8. The van der Waals surface area contributed by atoms with Gasteiger partial charge in [0.15, 0.2) is 0 Å². The Hall–Kier alpha value is -2.39. The quantitative estimate of drug-likeness (QED) is 0.151. The lowest BCUT2D eigenvalue weighted by Crippen LogP contribution is -2.52. The zero-order valence-electron chi connectivity index (χ0n) is 22.8. The van der Waals surface area contributed by atoms with Gasteiger partial charge in [0.1, 0.15) is 17.1 Å². The van der Waals surface area contributed by atoms with Crippen LogP contribution in [0.2, 0.25) is 0 Å². The molecule has 0 amide bonds. The molecule has 1 aromatic carbocycles. The first kappa shape index (κ1) is 26.8. The zero-order chi connectivity index (χ0) is 27.4. The molecule has 4 bridgehead atoms. The van der Waals surface area contributed by atoms with Gasteiger partial charge in [-0.15, -0.1) is 10.1 Å². The van der Waals surface area contributed by atoms with E-state index in [0.29, 0.717) is 11.5 Å². The molecule has 5 aliphatic carbocycles. The molecule has 6 aliphatic rings. The SMILES string of the molecule is C[C@@]1(CO)Oc2cc(C34CC5CC(CC(C5)C3)C4)cc(OC(=O)CCCO[N+](=O)[O-])c2[C@@H]2C[C@H](CO)CC[C@H]21. The third kappa shape index (κ3) is 4.90. The average Bonchev–Trinajstić information content (AvgIpc) is 2.89. The minimum Gasteiger partial charge on any atom is -0.484 e. The molecule has 7 rings (SSSR count). The van der Waals surface area contributed by atoms with Crippen LogP contribution in [-0.2, 0) is 15.0 Å². The number of aliphatic hydroxyl groups is 2. The van der Waals surface area contributed by atoms with Gasteiger partial charge in [0.05, 0.1) is 13.2 Å². The van der Waals surface area contributed by atoms with Crippen molar-refractivity contribution in [3.05, 3.63) is 33.4 Å². The highest BCUT2D eigenvalue weighted by molar-refractivity contribution is 5.74. The molecule has 5 saturated carbocycles. The number of carbonyl (C=O) groups excluding carboxylic acids is 1. The molecular weight excluding hydrogens is 502 g/mol. The van der Waals surface area contributed by atoms with Gasteiger partial charge < -0.3 is 24.5 Å². The van der Waals surface area contributed by atoms with E-state index in [4.69, 9.17) is 9.47 Å². The van der Waals surface area contributed by atoms with Crippen LogP contribution < -0.4 is 9.47 Å². The van der Waals surface area contributed by atoms with Crippen LogP contribution in [0.3, 0.4) is 0 Å². The summed E-state index contributed by atoms with van der Waals surface area (Å²) in [5.41, 5.74) is 1.35. The summed E-state index contributed by atoms with van der Waals surface area (Å²) in [5.74, 6) is 3.17. The van der Waals surface area contributed by atoms with Crippen molar-refractivity contribution in [1.82, 2.24) is 0 Å². The van der Waals surface area contributed by atoms with Gasteiger partial charge in [-0.2, -0.15) is 0 Å². The molecule has 4 atom stereocenters. The maximum Gasteiger partial charge on any atom is 0.311 e. The fourth-order valence-corrected chi connectivity index (χ4v) is 9.38. The van der Waals surface area contributed by atoms with E-state index >= 15 is 0 Å². The van der Waals surface area contributed by atoms with Crippen LogP contribution in [0, 0.1) is 39.7 Å². The molecule has 1 aliphatic heterocycles. The van der Waals surface area contributed by atoms with Crippen LogP contribution in [0.4, 0.5) is 0 Å². The second kappa shape index (κ2) is 10.2. The Morgan fingerprint density at radius 2 is 1.79 bits per heavy atom. The lowest BCUT2D eigenvalue weighted by atomic mass is 9.48. The summed E-state index contributed by atoms with van der Waals surface area (Å²) in [5, 5.41) is 30.1. The van der Waals surface area contributed by atoms with Crippen LogP contribution in [0.5, 0.6) is 11.5 Å². The number of hydrogen-bond acceptors (Lipinski definition) is 8. The van der Waals surface area contributed by atoms with Crippen molar-refractivity contribution in [2.75, 3.05) is 19.8 Å². The molecule has 9 nitrogen and oxygen atoms in total. The van der Waals surface area contributed by atoms with Gasteiger partial charge >= 0.3 is 5.97 Å². The molecule has 0 spiro atoms. The highest BCUT2D eigenvalue weighted by Crippen LogP contribution is 2.63. The Kier molecular flexibility index (Phi) is 7.03. The number of aliphatic hydroxyl groups excluding tert-OH is 2. The Morgan fingerprint density at radius 3 is 2.41 bits per heavy atom. The monoisotopic (exact) mass is 543 g/mol. The topological polar surface area (TPSA) is 128 Å². The predicted octanol–water partition coefficient (Wildman–Crippen LogP) is 4.68. The van der Waals surface area contributed by atoms with Crippen LogP contribution in [-0.4, -0.2) is 46.7 Å². The van der Waals surface area contributed by atoms with E-state index < -0.39 is 16.7 Å². The van der Waals surface area contributed by atoms with E-state index in [-0.39, 0.29) is 55.8 Å². The van der Waals surface area contributed by atoms with Crippen molar-refractivity contribution in [3.63, 3.8) is 0 Å². The molecule has 39 heavy (non-hydrogen) atoms. The van der Waals surface area contributed by atoms with Gasteiger partial charge in [0.2, 0.25) is 0 Å². The number of fused-ring (bicyclic) bond motifs is 3. The lowest BCUT2D eigenvalue weighted by Gasteiger charge is -2.57. The van der Waals surface area contributed by atoms with Crippen molar-refractivity contribution in [2.24, 2.45) is 29.6 Å². The third-order valence-corrected chi connectivity index (χ3v) is 10.7. The maximum absolute atomic E-state index is 13.0. The summed E-state index contributed by atoms with van der Waals surface area (Å²) < 4.78 is 12.7. The van der Waals surface area contributed by atoms with Crippen molar-refractivity contribution in [3.8, 4) is 11.5 Å². The van der Waals surface area contributed by atoms with Gasteiger partial charge in [0, 0.05) is 24.5 Å². The Morgan fingerprint density at radius 1 is 1.10 bits per heavy atom. The van der Waals surface area contributed by atoms with Gasteiger partial charge in [0.25, 0.3) is 5.09 Å². The van der Waals surface area contributed by atoms with E-state index in [9.17, 15) is 25.1 Å². The lowest BCUT2D eigenvalue weighted by molar-refractivity contribution is -0.757. The largest absolute Gasteiger partial charge is 0.484 e. The van der Waals surface area contributed by atoms with E-state index in [0.717, 1.165) is 61.8 Å². The highest BCUT2D eigenvalue weighted by atomic mass is 16.9. The minimum atomic E-state index is -0.854. The number of hydrogen-bond donors (Lipinski definition) is 2. The Balaban J connectivity index is 1.38. The standard InChI is InChI=1S/C30H41NO8/c1-29(17-33)24-5-4-18(16-32)10-23(24)28-25(38-27(34)3-2-6-37-31(35)36)11-22(12-26(28)39-29)30-13-19-7-20(14-30)9-21(8-19)15-30/h11-12,18-21,23-24,32-33H,2-10,13-17H2,1H3/t18-,19?,20?,21?,23-,24-,29+,30?/m1/s1. The maximum atomic E-state index is 13.0. The number of carbonyl (C=O) groups is 1. The number of esters is 1. The molecule has 1 heterocycles. The number of rotatable bonds is 9. The summed E-state index contributed by atoms with van der Waals surface area (Å²) >= 11 is 0. The molecule has 214 valence electrons. The van der Waals surface area contributed by atoms with Crippen LogP contribution in [0.1, 0.15) is 94.6 Å². The van der Waals surface area contributed by atoms with E-state index in [1.165, 1.54) is 24.8 Å². The summed E-state index contributed by atoms with van der Waals surface area (Å²) in [6.07, 6.45) is 10.0. The summed E-state index contributed by atoms with van der Waals surface area (Å²) in [6, 6.07) is 4.26. The molecular formula is C30H41NO8. The second-order valence-corrected chi connectivity index (χ2v) is 13.4. The number of nitrogens with zero attached hydrogens (tertiary/aromatic N) is 1. The fourth-order valence-electron chi connectivity index (χ4n) is 9.38. The first-order valence-corrected chi connectivity index (χ1v) is 14.8. The first-order valence-electron chi connectivity index (χ1n) is 14.8. The fraction of sp³-hybridized carbons (Fsp3) is 0.767. The van der Waals surface area contributed by atoms with Gasteiger partial charge in [-0.25, -0.2) is 0 Å². The third-order valence-electron chi connectivity index (χ3n) is 10.7. The molecule has 9 heteroatoms. The highest BCUT2D eigenvalue weighted by Gasteiger charge is 2.54. The minimum absolute atomic E-state index is 0.00672. The van der Waals surface area contributed by atoms with E-state index in [2.05, 4.69) is 17.0 Å². The summed E-state index contributed by atoms with van der Waals surface area (Å²) in [6.45, 7) is 1.82. The number of benzene rings is 1. The second-order valence-electron chi connectivity index (χ2n) is 13.4. The van der Waals surface area contributed by atoms with Crippen molar-refractivity contribution >= 4 is 5.97 Å². The average molecular weight is 544 g/mol. The molecule has 0 aromatic heterocycles. The molecule has 5 fully saturated rings. The molecule has 0 radical (unpaired) electrons. The van der Waals surface area contributed by atoms with Crippen molar-refractivity contribution in [2.45, 2.75) is 94.5 Å². The normalized spacial score (nSPS) is 37.9. The summed E-state index contributed by atoms with van der Waals surface area (Å²) in [7, 11) is 0. The van der Waals surface area contributed by atoms with Crippen LogP contribution >= 0.6 is 0 Å². The smallest absolute Gasteiger partial charge is 0.311 e. The van der Waals surface area contributed by atoms with Crippen LogP contribution in [0.15, 0.2) is 12.1 Å². The summed E-state index contributed by atoms with van der Waals surface area (Å²) in [4.78, 5) is 27.8. The van der Waals surface area contributed by atoms with E-state index in [1.807, 2.05) is 6.92 Å². The molecule has 0 unspecified atom stereocenters. The molecule has 1 aromatic rings. The first-order chi connectivity index (χ1) is 18.7.